The number of carbonyl (C=O) groups excluding carboxylic acids is 1. The summed E-state index contributed by atoms with van der Waals surface area (Å²) in [5, 5.41) is 0. The lowest BCUT2D eigenvalue weighted by Gasteiger charge is -2.24. The molecule has 0 saturated carbocycles. The van der Waals surface area contributed by atoms with Crippen LogP contribution in [0.3, 0.4) is 0 Å². The van der Waals surface area contributed by atoms with E-state index in [1.54, 1.807) is 24.3 Å². The van der Waals surface area contributed by atoms with Gasteiger partial charge >= 0.3 is 0 Å². The van der Waals surface area contributed by atoms with E-state index >= 15 is 0 Å². The quantitative estimate of drug-likeness (QED) is 0.749. The van der Waals surface area contributed by atoms with Crippen LogP contribution in [0.5, 0.6) is 17.2 Å². The first kappa shape index (κ1) is 17.6. The number of amides is 1. The minimum atomic E-state index is -0.747. The second-order valence-electron chi connectivity index (χ2n) is 5.08. The molecule has 0 radical (unpaired) electrons. The normalized spacial score (nSPS) is 14.6. The number of allylic oxidation sites excluding steroid dienone is 1. The highest BCUT2D eigenvalue weighted by atomic mass is 19.1. The Bertz CT molecular complexity index is 684. The van der Waals surface area contributed by atoms with Crippen LogP contribution in [-0.4, -0.2) is 38.7 Å². The first-order valence-electron chi connectivity index (χ1n) is 7.36. The highest BCUT2D eigenvalue weighted by Gasteiger charge is 2.22. The maximum absolute atomic E-state index is 13.4. The summed E-state index contributed by atoms with van der Waals surface area (Å²) in [6, 6.07) is 3.54. The summed E-state index contributed by atoms with van der Waals surface area (Å²) in [5.74, 6) is 0.119. The maximum Gasteiger partial charge on any atom is 0.286 e. The third-order valence-corrected chi connectivity index (χ3v) is 3.63. The van der Waals surface area contributed by atoms with Crippen molar-refractivity contribution in [2.75, 3.05) is 27.9 Å². The molecule has 2 rings (SSSR count). The molecule has 0 saturated heterocycles. The Morgan fingerprint density at radius 1 is 1.21 bits per heavy atom. The Morgan fingerprint density at radius 3 is 2.38 bits per heavy atom. The first-order chi connectivity index (χ1) is 11.5. The van der Waals surface area contributed by atoms with E-state index < -0.39 is 11.7 Å². The molecule has 0 unspecified atom stereocenters. The van der Waals surface area contributed by atoms with Gasteiger partial charge in [0, 0.05) is 12.2 Å². The van der Waals surface area contributed by atoms with Gasteiger partial charge < -0.3 is 19.1 Å². The summed E-state index contributed by atoms with van der Waals surface area (Å²) < 4.78 is 29.2. The van der Waals surface area contributed by atoms with Gasteiger partial charge in [-0.15, -0.1) is 0 Å². The molecule has 1 aliphatic heterocycles. The average molecular weight is 333 g/mol. The second-order valence-corrected chi connectivity index (χ2v) is 5.08. The van der Waals surface area contributed by atoms with Crippen molar-refractivity contribution in [2.45, 2.75) is 6.42 Å². The van der Waals surface area contributed by atoms with Crippen molar-refractivity contribution >= 4 is 12.0 Å². The summed E-state index contributed by atoms with van der Waals surface area (Å²) >= 11 is 0. The number of halogens is 1. The van der Waals surface area contributed by atoms with E-state index in [9.17, 15) is 9.18 Å². The Kier molecular flexibility index (Phi) is 5.63. The van der Waals surface area contributed by atoms with E-state index in [0.29, 0.717) is 35.9 Å². The van der Waals surface area contributed by atoms with Crippen molar-refractivity contribution in [1.29, 1.82) is 0 Å². The van der Waals surface area contributed by atoms with Gasteiger partial charge in [0.25, 0.3) is 5.91 Å². The number of hydrogen-bond acceptors (Lipinski definition) is 4. The largest absolute Gasteiger partial charge is 0.493 e. The van der Waals surface area contributed by atoms with Crippen molar-refractivity contribution in [3.63, 3.8) is 0 Å². The van der Waals surface area contributed by atoms with Crippen LogP contribution < -0.4 is 14.2 Å². The van der Waals surface area contributed by atoms with Crippen LogP contribution in [0.15, 0.2) is 42.4 Å². The van der Waals surface area contributed by atoms with Crippen LogP contribution in [0.25, 0.3) is 6.08 Å². The van der Waals surface area contributed by atoms with Crippen LogP contribution in [0.2, 0.25) is 0 Å². The third-order valence-electron chi connectivity index (χ3n) is 3.63. The van der Waals surface area contributed by atoms with Gasteiger partial charge in [0.15, 0.2) is 17.3 Å². The third kappa shape index (κ3) is 3.59. The van der Waals surface area contributed by atoms with E-state index in [4.69, 9.17) is 14.2 Å². The van der Waals surface area contributed by atoms with Crippen LogP contribution in [-0.2, 0) is 4.79 Å². The number of methoxy groups -OCH3 is 3. The minimum Gasteiger partial charge on any atom is -0.493 e. The van der Waals surface area contributed by atoms with Crippen molar-refractivity contribution < 1.29 is 23.4 Å². The topological polar surface area (TPSA) is 48.0 Å². The van der Waals surface area contributed by atoms with Crippen LogP contribution in [0.4, 0.5) is 4.39 Å². The van der Waals surface area contributed by atoms with Gasteiger partial charge in [-0.2, -0.15) is 0 Å². The fraction of sp³-hybridized carbons (Fsp3) is 0.278. The molecule has 1 heterocycles. The fourth-order valence-electron chi connectivity index (χ4n) is 2.39. The summed E-state index contributed by atoms with van der Waals surface area (Å²) in [5.41, 5.74) is 1.18. The Balaban J connectivity index is 2.24. The zero-order valence-electron chi connectivity index (χ0n) is 14.0. The Hall–Kier alpha value is -2.76. The standard InChI is InChI=1S/C18H20FNO4/c1-12(20-9-5-6-14(19)18(20)21)7-8-13-10-15(22-2)17(24-4)16(11-13)23-3/h6-8,10-11H,1,5,9H2,2-4H3/b8-7+. The molecule has 1 aromatic rings. The van der Waals surface area contributed by atoms with Gasteiger partial charge in [0.05, 0.1) is 21.3 Å². The molecule has 0 aliphatic carbocycles. The lowest BCUT2D eigenvalue weighted by Crippen LogP contribution is -2.33. The van der Waals surface area contributed by atoms with E-state index in [2.05, 4.69) is 6.58 Å². The summed E-state index contributed by atoms with van der Waals surface area (Å²) in [4.78, 5) is 13.1. The molecule has 0 N–H and O–H groups in total. The molecule has 5 nitrogen and oxygen atoms in total. The van der Waals surface area contributed by atoms with Crippen molar-refractivity contribution in [2.24, 2.45) is 0 Å². The van der Waals surface area contributed by atoms with Gasteiger partial charge in [0.1, 0.15) is 0 Å². The molecular weight excluding hydrogens is 313 g/mol. The highest BCUT2D eigenvalue weighted by Crippen LogP contribution is 2.38. The highest BCUT2D eigenvalue weighted by molar-refractivity contribution is 5.93. The molecule has 0 fully saturated rings. The Labute approximate surface area is 140 Å². The van der Waals surface area contributed by atoms with Gasteiger partial charge in [-0.3, -0.25) is 4.79 Å². The van der Waals surface area contributed by atoms with E-state index in [1.165, 1.54) is 32.3 Å². The number of hydrogen-bond donors (Lipinski definition) is 0. The van der Waals surface area contributed by atoms with E-state index in [1.807, 2.05) is 0 Å². The van der Waals surface area contributed by atoms with Gasteiger partial charge in [-0.25, -0.2) is 4.39 Å². The predicted molar refractivity (Wildman–Crippen MR) is 89.8 cm³/mol. The molecule has 0 atom stereocenters. The van der Waals surface area contributed by atoms with Crippen LogP contribution >= 0.6 is 0 Å². The molecule has 128 valence electrons. The summed E-state index contributed by atoms with van der Waals surface area (Å²) in [7, 11) is 4.60. The predicted octanol–water partition coefficient (Wildman–Crippen LogP) is 3.33. The number of carbonyl (C=O) groups is 1. The monoisotopic (exact) mass is 333 g/mol. The summed E-state index contributed by atoms with van der Waals surface area (Å²) in [6.07, 6.45) is 5.15. The summed E-state index contributed by atoms with van der Waals surface area (Å²) in [6.45, 7) is 4.24. The van der Waals surface area contributed by atoms with Gasteiger partial charge in [0.2, 0.25) is 5.75 Å². The van der Waals surface area contributed by atoms with Crippen molar-refractivity contribution in [3.8, 4) is 17.2 Å². The average Bonchev–Trinajstić information content (AvgIpc) is 2.60. The van der Waals surface area contributed by atoms with E-state index in [0.717, 1.165) is 5.56 Å². The molecule has 6 heteroatoms. The molecule has 0 spiro atoms. The van der Waals surface area contributed by atoms with E-state index in [-0.39, 0.29) is 0 Å². The molecule has 24 heavy (non-hydrogen) atoms. The first-order valence-corrected chi connectivity index (χ1v) is 7.36. The Morgan fingerprint density at radius 2 is 1.83 bits per heavy atom. The smallest absolute Gasteiger partial charge is 0.286 e. The second kappa shape index (κ2) is 7.68. The maximum atomic E-state index is 13.4. The molecule has 0 aromatic heterocycles. The van der Waals surface area contributed by atoms with Gasteiger partial charge in [-0.05, 0) is 36.3 Å². The molecule has 0 bridgehead atoms. The molecule has 1 amide bonds. The molecule has 1 aromatic carbocycles. The number of ether oxygens (including phenoxy) is 3. The minimum absolute atomic E-state index is 0.407. The lowest BCUT2D eigenvalue weighted by molar-refractivity contribution is -0.127. The van der Waals surface area contributed by atoms with Crippen molar-refractivity contribution in [3.05, 3.63) is 48.0 Å². The zero-order valence-corrected chi connectivity index (χ0v) is 14.0. The van der Waals surface area contributed by atoms with Crippen LogP contribution in [0.1, 0.15) is 12.0 Å². The SMILES string of the molecule is C=C(/C=C/c1cc(OC)c(OC)c(OC)c1)N1CCC=C(F)C1=O. The lowest BCUT2D eigenvalue weighted by atomic mass is 10.1. The number of rotatable bonds is 6. The van der Waals surface area contributed by atoms with Crippen LogP contribution in [0, 0.1) is 0 Å². The molecule has 1 aliphatic rings. The van der Waals surface area contributed by atoms with Gasteiger partial charge in [-0.1, -0.05) is 12.7 Å². The molecular formula is C18H20FNO4. The number of nitrogens with zero attached hydrogens (tertiary/aromatic N) is 1. The number of benzene rings is 1. The zero-order chi connectivity index (χ0) is 17.7. The van der Waals surface area contributed by atoms with Crippen molar-refractivity contribution in [1.82, 2.24) is 4.90 Å². The fourth-order valence-corrected chi connectivity index (χ4v) is 2.39.